The highest BCUT2D eigenvalue weighted by molar-refractivity contribution is 5.67. The zero-order valence-corrected chi connectivity index (χ0v) is 12.1. The van der Waals surface area contributed by atoms with Crippen LogP contribution in [0.4, 0.5) is 0 Å². The van der Waals surface area contributed by atoms with E-state index in [0.29, 0.717) is 6.04 Å². The molecule has 0 radical (unpaired) electrons. The second kappa shape index (κ2) is 7.05. The van der Waals surface area contributed by atoms with Crippen molar-refractivity contribution in [1.29, 1.82) is 0 Å². The minimum atomic E-state index is 0.474. The van der Waals surface area contributed by atoms with E-state index in [1.54, 1.807) is 0 Å². The first-order valence-corrected chi connectivity index (χ1v) is 6.79. The first-order valence-electron chi connectivity index (χ1n) is 6.79. The van der Waals surface area contributed by atoms with Crippen molar-refractivity contribution in [3.8, 4) is 0 Å². The number of aryl methyl sites for hydroxylation is 1. The first kappa shape index (κ1) is 14.6. The average Bonchev–Trinajstić information content (AvgIpc) is 2.37. The van der Waals surface area contributed by atoms with Crippen LogP contribution in [0.2, 0.25) is 0 Å². The van der Waals surface area contributed by atoms with E-state index in [0.717, 1.165) is 18.4 Å². The molecular formula is C17H25N. The largest absolute Gasteiger partial charge is 0.382 e. The standard InChI is InChI=1S/C17H25N/c1-6-13(3)12-17(18-15(5)7-2)16-10-8-9-14(4)11-16/h8-12,15,18H,3,6-7H2,1-2,4-5H3/b17-12-. The fourth-order valence-electron chi connectivity index (χ4n) is 1.69. The molecule has 98 valence electrons. The lowest BCUT2D eigenvalue weighted by Crippen LogP contribution is -2.23. The molecule has 0 aliphatic rings. The van der Waals surface area contributed by atoms with E-state index >= 15 is 0 Å². The average molecular weight is 243 g/mol. The summed E-state index contributed by atoms with van der Waals surface area (Å²) in [5.41, 5.74) is 4.86. The van der Waals surface area contributed by atoms with Crippen LogP contribution in [0.1, 0.15) is 44.7 Å². The van der Waals surface area contributed by atoms with Crippen LogP contribution in [0.25, 0.3) is 5.70 Å². The first-order chi connectivity index (χ1) is 8.56. The molecule has 0 aliphatic heterocycles. The highest BCUT2D eigenvalue weighted by Crippen LogP contribution is 2.17. The number of hydrogen-bond donors (Lipinski definition) is 1. The SMILES string of the molecule is C=C(/C=C(\NC(C)CC)c1cccc(C)c1)CC. The molecule has 0 aliphatic carbocycles. The van der Waals surface area contributed by atoms with Gasteiger partial charge in [0.15, 0.2) is 0 Å². The molecule has 1 aromatic carbocycles. The summed E-state index contributed by atoms with van der Waals surface area (Å²) < 4.78 is 0. The third-order valence-corrected chi connectivity index (χ3v) is 3.15. The molecule has 0 heterocycles. The molecule has 0 saturated carbocycles. The lowest BCUT2D eigenvalue weighted by Gasteiger charge is -2.18. The monoisotopic (exact) mass is 243 g/mol. The van der Waals surface area contributed by atoms with Crippen LogP contribution in [0, 0.1) is 6.92 Å². The van der Waals surface area contributed by atoms with E-state index in [-0.39, 0.29) is 0 Å². The van der Waals surface area contributed by atoms with Gasteiger partial charge in [-0.3, -0.25) is 0 Å². The smallest absolute Gasteiger partial charge is 0.0418 e. The molecule has 1 nitrogen and oxygen atoms in total. The van der Waals surface area contributed by atoms with Crippen molar-refractivity contribution in [2.45, 2.75) is 46.6 Å². The third kappa shape index (κ3) is 4.40. The van der Waals surface area contributed by atoms with Gasteiger partial charge in [0, 0.05) is 11.7 Å². The number of nitrogens with one attached hydrogen (secondary N) is 1. The maximum atomic E-state index is 4.08. The van der Waals surface area contributed by atoms with Gasteiger partial charge in [-0.05, 0) is 44.4 Å². The molecule has 0 saturated heterocycles. The van der Waals surface area contributed by atoms with Crippen LogP contribution >= 0.6 is 0 Å². The summed E-state index contributed by atoms with van der Waals surface area (Å²) in [5.74, 6) is 0. The van der Waals surface area contributed by atoms with Crippen molar-refractivity contribution >= 4 is 5.70 Å². The molecule has 1 atom stereocenters. The summed E-state index contributed by atoms with van der Waals surface area (Å²) >= 11 is 0. The fraction of sp³-hybridized carbons (Fsp3) is 0.412. The van der Waals surface area contributed by atoms with Gasteiger partial charge in [0.25, 0.3) is 0 Å². The highest BCUT2D eigenvalue weighted by atomic mass is 14.9. The maximum absolute atomic E-state index is 4.08. The number of rotatable bonds is 6. The normalized spacial score (nSPS) is 13.2. The van der Waals surface area contributed by atoms with E-state index in [2.05, 4.69) is 69.9 Å². The fourth-order valence-corrected chi connectivity index (χ4v) is 1.69. The predicted molar refractivity (Wildman–Crippen MR) is 81.5 cm³/mol. The van der Waals surface area contributed by atoms with Crippen molar-refractivity contribution < 1.29 is 0 Å². The Morgan fingerprint density at radius 1 is 1.39 bits per heavy atom. The van der Waals surface area contributed by atoms with E-state index in [9.17, 15) is 0 Å². The lowest BCUT2D eigenvalue weighted by molar-refractivity contribution is 0.630. The molecule has 0 amide bonds. The van der Waals surface area contributed by atoms with Crippen molar-refractivity contribution in [3.63, 3.8) is 0 Å². The minimum absolute atomic E-state index is 0.474. The van der Waals surface area contributed by atoms with Gasteiger partial charge in [-0.1, -0.05) is 49.8 Å². The summed E-state index contributed by atoms with van der Waals surface area (Å²) in [6, 6.07) is 9.06. The Morgan fingerprint density at radius 3 is 2.67 bits per heavy atom. The van der Waals surface area contributed by atoms with E-state index in [4.69, 9.17) is 0 Å². The maximum Gasteiger partial charge on any atom is 0.0418 e. The van der Waals surface area contributed by atoms with E-state index in [1.807, 2.05) is 0 Å². The van der Waals surface area contributed by atoms with Gasteiger partial charge >= 0.3 is 0 Å². The van der Waals surface area contributed by atoms with Crippen molar-refractivity contribution in [2.75, 3.05) is 0 Å². The Kier molecular flexibility index (Phi) is 5.70. The van der Waals surface area contributed by atoms with Gasteiger partial charge < -0.3 is 5.32 Å². The molecule has 1 heteroatoms. The molecular weight excluding hydrogens is 218 g/mol. The van der Waals surface area contributed by atoms with Gasteiger partial charge in [-0.2, -0.15) is 0 Å². The Hall–Kier alpha value is -1.50. The summed E-state index contributed by atoms with van der Waals surface area (Å²) in [5, 5.41) is 3.58. The number of benzene rings is 1. The Morgan fingerprint density at radius 2 is 2.11 bits per heavy atom. The van der Waals surface area contributed by atoms with Crippen LogP contribution in [-0.4, -0.2) is 6.04 Å². The molecule has 0 aromatic heterocycles. The molecule has 1 unspecified atom stereocenters. The zero-order valence-electron chi connectivity index (χ0n) is 12.1. The van der Waals surface area contributed by atoms with Gasteiger partial charge in [-0.15, -0.1) is 0 Å². The quantitative estimate of drug-likeness (QED) is 0.715. The number of allylic oxidation sites excluding steroid dienone is 2. The van der Waals surface area contributed by atoms with Crippen LogP contribution in [0.15, 0.2) is 42.5 Å². The van der Waals surface area contributed by atoms with Gasteiger partial charge in [-0.25, -0.2) is 0 Å². The molecule has 1 aromatic rings. The summed E-state index contributed by atoms with van der Waals surface area (Å²) in [4.78, 5) is 0. The van der Waals surface area contributed by atoms with Crippen molar-refractivity contribution in [1.82, 2.24) is 5.32 Å². The molecule has 0 bridgehead atoms. The predicted octanol–water partition coefficient (Wildman–Crippen LogP) is 4.69. The van der Waals surface area contributed by atoms with Gasteiger partial charge in [0.2, 0.25) is 0 Å². The van der Waals surface area contributed by atoms with Gasteiger partial charge in [0.1, 0.15) is 0 Å². The van der Waals surface area contributed by atoms with Crippen LogP contribution in [0.5, 0.6) is 0 Å². The summed E-state index contributed by atoms with van der Waals surface area (Å²) in [6.07, 6.45) is 4.26. The van der Waals surface area contributed by atoms with E-state index in [1.165, 1.54) is 16.8 Å². The molecule has 0 spiro atoms. The summed E-state index contributed by atoms with van der Waals surface area (Å²) in [6.45, 7) is 12.7. The van der Waals surface area contributed by atoms with Crippen LogP contribution in [0.3, 0.4) is 0 Å². The van der Waals surface area contributed by atoms with Crippen LogP contribution < -0.4 is 5.32 Å². The topological polar surface area (TPSA) is 12.0 Å². The third-order valence-electron chi connectivity index (χ3n) is 3.15. The Labute approximate surface area is 112 Å². The second-order valence-corrected chi connectivity index (χ2v) is 4.89. The van der Waals surface area contributed by atoms with E-state index < -0.39 is 0 Å². The highest BCUT2D eigenvalue weighted by Gasteiger charge is 2.05. The van der Waals surface area contributed by atoms with Crippen LogP contribution in [-0.2, 0) is 0 Å². The zero-order chi connectivity index (χ0) is 13.5. The molecule has 0 fully saturated rings. The molecule has 18 heavy (non-hydrogen) atoms. The summed E-state index contributed by atoms with van der Waals surface area (Å²) in [7, 11) is 0. The minimum Gasteiger partial charge on any atom is -0.382 e. The molecule has 1 N–H and O–H groups in total. The van der Waals surface area contributed by atoms with Crippen molar-refractivity contribution in [3.05, 3.63) is 53.6 Å². The van der Waals surface area contributed by atoms with Gasteiger partial charge in [0.05, 0.1) is 0 Å². The van der Waals surface area contributed by atoms with Crippen molar-refractivity contribution in [2.24, 2.45) is 0 Å². The second-order valence-electron chi connectivity index (χ2n) is 4.89. The molecule has 1 rings (SSSR count). The number of hydrogen-bond acceptors (Lipinski definition) is 1. The lowest BCUT2D eigenvalue weighted by atomic mass is 10.0. The Balaban J connectivity index is 3.04. The Bertz CT molecular complexity index is 429.